The van der Waals surface area contributed by atoms with Crippen LogP contribution in [0.1, 0.15) is 47.4 Å². The largest absolute Gasteiger partial charge is 0.496 e. The van der Waals surface area contributed by atoms with Crippen LogP contribution in [0.3, 0.4) is 0 Å². The first-order chi connectivity index (χ1) is 10.1. The van der Waals surface area contributed by atoms with Crippen molar-refractivity contribution in [2.24, 2.45) is 0 Å². The number of aryl methyl sites for hydroxylation is 3. The van der Waals surface area contributed by atoms with Crippen LogP contribution in [-0.4, -0.2) is 13.7 Å². The minimum Gasteiger partial charge on any atom is -0.496 e. The second-order valence-electron chi connectivity index (χ2n) is 5.57. The molecular formula is C18H25NO2. The molecule has 0 saturated carbocycles. The molecule has 0 amide bonds. The highest BCUT2D eigenvalue weighted by atomic mass is 16.5. The van der Waals surface area contributed by atoms with E-state index >= 15 is 0 Å². The zero-order valence-corrected chi connectivity index (χ0v) is 13.6. The topological polar surface area (TPSA) is 34.4 Å². The van der Waals surface area contributed by atoms with E-state index in [-0.39, 0.29) is 6.04 Å². The smallest absolute Gasteiger partial charge is 0.124 e. The molecule has 1 heterocycles. The molecular weight excluding hydrogens is 262 g/mol. The molecule has 1 atom stereocenters. The number of ether oxygens (including phenoxy) is 1. The Morgan fingerprint density at radius 1 is 1.10 bits per heavy atom. The van der Waals surface area contributed by atoms with E-state index in [2.05, 4.69) is 44.3 Å². The number of nitrogens with one attached hydrogen (secondary N) is 1. The Morgan fingerprint density at radius 2 is 1.76 bits per heavy atom. The van der Waals surface area contributed by atoms with E-state index in [0.717, 1.165) is 35.6 Å². The monoisotopic (exact) mass is 287 g/mol. The molecule has 0 spiro atoms. The van der Waals surface area contributed by atoms with Crippen LogP contribution < -0.4 is 10.1 Å². The van der Waals surface area contributed by atoms with Crippen molar-refractivity contribution in [2.45, 2.75) is 40.2 Å². The lowest BCUT2D eigenvalue weighted by Crippen LogP contribution is -2.23. The molecule has 0 fully saturated rings. The van der Waals surface area contributed by atoms with Crippen molar-refractivity contribution in [3.63, 3.8) is 0 Å². The molecule has 1 N–H and O–H groups in total. The van der Waals surface area contributed by atoms with Crippen LogP contribution in [0, 0.1) is 20.8 Å². The van der Waals surface area contributed by atoms with E-state index in [0.29, 0.717) is 0 Å². The Morgan fingerprint density at radius 3 is 2.24 bits per heavy atom. The molecule has 0 radical (unpaired) electrons. The molecule has 0 aliphatic rings. The van der Waals surface area contributed by atoms with Gasteiger partial charge in [-0.25, -0.2) is 0 Å². The number of furan rings is 1. The fourth-order valence-corrected chi connectivity index (χ4v) is 2.80. The first-order valence-electron chi connectivity index (χ1n) is 7.50. The van der Waals surface area contributed by atoms with Gasteiger partial charge in [0.15, 0.2) is 0 Å². The van der Waals surface area contributed by atoms with Gasteiger partial charge in [-0.05, 0) is 56.5 Å². The van der Waals surface area contributed by atoms with Crippen molar-refractivity contribution >= 4 is 0 Å². The van der Waals surface area contributed by atoms with Gasteiger partial charge in [-0.2, -0.15) is 0 Å². The minimum absolute atomic E-state index is 0.158. The normalized spacial score (nSPS) is 12.4. The molecule has 3 nitrogen and oxygen atoms in total. The third-order valence-electron chi connectivity index (χ3n) is 3.70. The van der Waals surface area contributed by atoms with Gasteiger partial charge in [0.1, 0.15) is 11.5 Å². The van der Waals surface area contributed by atoms with E-state index in [1.807, 2.05) is 13.2 Å². The molecule has 2 aromatic rings. The van der Waals surface area contributed by atoms with Gasteiger partial charge in [-0.15, -0.1) is 0 Å². The Bertz CT molecular complexity index is 578. The fraction of sp³-hybridized carbons (Fsp3) is 0.444. The number of benzene rings is 1. The van der Waals surface area contributed by atoms with Gasteiger partial charge in [0.25, 0.3) is 0 Å². The summed E-state index contributed by atoms with van der Waals surface area (Å²) in [5, 5.41) is 3.61. The molecule has 1 aromatic carbocycles. The Kier molecular flexibility index (Phi) is 5.07. The second-order valence-corrected chi connectivity index (χ2v) is 5.57. The van der Waals surface area contributed by atoms with Crippen molar-refractivity contribution in [3.8, 4) is 5.75 Å². The molecule has 3 heteroatoms. The van der Waals surface area contributed by atoms with Gasteiger partial charge in [0.05, 0.1) is 19.4 Å². The van der Waals surface area contributed by atoms with Gasteiger partial charge in [-0.3, -0.25) is 0 Å². The fourth-order valence-electron chi connectivity index (χ4n) is 2.80. The third kappa shape index (κ3) is 3.48. The summed E-state index contributed by atoms with van der Waals surface area (Å²) >= 11 is 0. The summed E-state index contributed by atoms with van der Waals surface area (Å²) in [5.41, 5.74) is 4.75. The lowest BCUT2D eigenvalue weighted by atomic mass is 9.96. The summed E-state index contributed by atoms with van der Waals surface area (Å²) in [5.74, 6) is 1.91. The SMILES string of the molecule is CCCNC(c1coc(C)c1)c1cc(C)c(OC)c(C)c1. The van der Waals surface area contributed by atoms with Crippen molar-refractivity contribution < 1.29 is 9.15 Å². The Balaban J connectivity index is 2.41. The predicted octanol–water partition coefficient (Wildman–Crippen LogP) is 4.30. The first kappa shape index (κ1) is 15.6. The lowest BCUT2D eigenvalue weighted by Gasteiger charge is -2.20. The van der Waals surface area contributed by atoms with Gasteiger partial charge in [0.2, 0.25) is 0 Å². The van der Waals surface area contributed by atoms with Crippen molar-refractivity contribution in [3.05, 3.63) is 52.5 Å². The van der Waals surface area contributed by atoms with E-state index in [4.69, 9.17) is 9.15 Å². The van der Waals surface area contributed by atoms with E-state index in [1.165, 1.54) is 11.1 Å². The van der Waals surface area contributed by atoms with Crippen LogP contribution in [0.15, 0.2) is 28.9 Å². The van der Waals surface area contributed by atoms with Gasteiger partial charge < -0.3 is 14.5 Å². The highest BCUT2D eigenvalue weighted by molar-refractivity contribution is 5.46. The summed E-state index contributed by atoms with van der Waals surface area (Å²) in [6, 6.07) is 6.65. The van der Waals surface area contributed by atoms with Gasteiger partial charge >= 0.3 is 0 Å². The number of rotatable bonds is 6. The zero-order chi connectivity index (χ0) is 15.4. The van der Waals surface area contributed by atoms with Crippen LogP contribution in [0.5, 0.6) is 5.75 Å². The maximum atomic E-state index is 5.49. The first-order valence-corrected chi connectivity index (χ1v) is 7.50. The van der Waals surface area contributed by atoms with Crippen molar-refractivity contribution in [1.82, 2.24) is 5.32 Å². The molecule has 1 aromatic heterocycles. The number of methoxy groups -OCH3 is 1. The van der Waals surface area contributed by atoms with Crippen LogP contribution in [0.25, 0.3) is 0 Å². The van der Waals surface area contributed by atoms with E-state index in [1.54, 1.807) is 7.11 Å². The van der Waals surface area contributed by atoms with Gasteiger partial charge in [-0.1, -0.05) is 19.1 Å². The Hall–Kier alpha value is -1.74. The number of hydrogen-bond acceptors (Lipinski definition) is 3. The standard InChI is InChI=1S/C18H25NO2/c1-6-7-19-17(16-10-14(4)21-11-16)15-8-12(2)18(20-5)13(3)9-15/h8-11,17,19H,6-7H2,1-5H3. The second kappa shape index (κ2) is 6.81. The van der Waals surface area contributed by atoms with Crippen molar-refractivity contribution in [1.29, 1.82) is 0 Å². The molecule has 1 unspecified atom stereocenters. The maximum absolute atomic E-state index is 5.49. The summed E-state index contributed by atoms with van der Waals surface area (Å²) < 4.78 is 11.0. The number of hydrogen-bond donors (Lipinski definition) is 1. The summed E-state index contributed by atoms with van der Waals surface area (Å²) in [7, 11) is 1.72. The van der Waals surface area contributed by atoms with Crippen LogP contribution in [-0.2, 0) is 0 Å². The molecule has 0 saturated heterocycles. The molecule has 21 heavy (non-hydrogen) atoms. The summed E-state index contributed by atoms with van der Waals surface area (Å²) in [4.78, 5) is 0. The molecule has 114 valence electrons. The van der Waals surface area contributed by atoms with Crippen LogP contribution in [0.2, 0.25) is 0 Å². The predicted molar refractivity (Wildman–Crippen MR) is 86.0 cm³/mol. The average Bonchev–Trinajstić information content (AvgIpc) is 2.85. The van der Waals surface area contributed by atoms with Crippen LogP contribution >= 0.6 is 0 Å². The third-order valence-corrected chi connectivity index (χ3v) is 3.70. The minimum atomic E-state index is 0.158. The highest BCUT2D eigenvalue weighted by Crippen LogP contribution is 2.30. The quantitative estimate of drug-likeness (QED) is 0.860. The van der Waals surface area contributed by atoms with Crippen molar-refractivity contribution in [2.75, 3.05) is 13.7 Å². The zero-order valence-electron chi connectivity index (χ0n) is 13.6. The molecule has 0 aliphatic carbocycles. The van der Waals surface area contributed by atoms with E-state index in [9.17, 15) is 0 Å². The Labute approximate surface area is 127 Å². The molecule has 0 aliphatic heterocycles. The van der Waals surface area contributed by atoms with Gasteiger partial charge in [0, 0.05) is 5.56 Å². The lowest BCUT2D eigenvalue weighted by molar-refractivity contribution is 0.408. The highest BCUT2D eigenvalue weighted by Gasteiger charge is 2.17. The van der Waals surface area contributed by atoms with E-state index < -0.39 is 0 Å². The summed E-state index contributed by atoms with van der Waals surface area (Å²) in [6.45, 7) is 9.30. The van der Waals surface area contributed by atoms with Crippen LogP contribution in [0.4, 0.5) is 0 Å². The summed E-state index contributed by atoms with van der Waals surface area (Å²) in [6.07, 6.45) is 2.94. The molecule has 0 bridgehead atoms. The average molecular weight is 287 g/mol. The molecule has 2 rings (SSSR count). The maximum Gasteiger partial charge on any atom is 0.124 e.